The van der Waals surface area contributed by atoms with E-state index in [0.717, 1.165) is 19.0 Å². The van der Waals surface area contributed by atoms with Gasteiger partial charge in [0, 0.05) is 7.11 Å². The van der Waals surface area contributed by atoms with Gasteiger partial charge >= 0.3 is 0 Å². The molecule has 0 bridgehead atoms. The molecule has 1 rings (SSSR count). The number of aldehydes is 1. The maximum Gasteiger partial charge on any atom is 0.145 e. The quantitative estimate of drug-likeness (QED) is 0.558. The minimum Gasteiger partial charge on any atom is -0.400 e. The van der Waals surface area contributed by atoms with Crippen molar-refractivity contribution in [2.24, 2.45) is 0 Å². The average Bonchev–Trinajstić information content (AvgIpc) is 2.23. The van der Waals surface area contributed by atoms with Crippen molar-refractivity contribution in [2.45, 2.75) is 6.61 Å². The van der Waals surface area contributed by atoms with E-state index in [0.29, 0.717) is 6.61 Å². The largest absolute Gasteiger partial charge is 0.400 e. The molecule has 72 valence electrons. The summed E-state index contributed by atoms with van der Waals surface area (Å²) in [5.74, 6) is 0. The van der Waals surface area contributed by atoms with Crippen LogP contribution in [0.5, 0.6) is 0 Å². The SMILES string of the molecule is CO.O=CCOCc1ccccc1. The second kappa shape index (κ2) is 8.90. The summed E-state index contributed by atoms with van der Waals surface area (Å²) in [6.45, 7) is 0.689. The molecule has 0 spiro atoms. The van der Waals surface area contributed by atoms with Crippen molar-refractivity contribution >= 4 is 6.29 Å². The zero-order chi connectivity index (χ0) is 9.94. The molecule has 0 unspecified atom stereocenters. The summed E-state index contributed by atoms with van der Waals surface area (Å²) in [6, 6.07) is 9.76. The van der Waals surface area contributed by atoms with Crippen LogP contribution in [0.4, 0.5) is 0 Å². The number of hydrogen-bond acceptors (Lipinski definition) is 3. The predicted molar refractivity (Wildman–Crippen MR) is 50.3 cm³/mol. The van der Waals surface area contributed by atoms with Crippen LogP contribution in [0.25, 0.3) is 0 Å². The van der Waals surface area contributed by atoms with E-state index in [4.69, 9.17) is 9.84 Å². The van der Waals surface area contributed by atoms with Gasteiger partial charge in [0.1, 0.15) is 12.9 Å². The first-order valence-electron chi connectivity index (χ1n) is 3.93. The van der Waals surface area contributed by atoms with Crippen molar-refractivity contribution in [1.82, 2.24) is 0 Å². The Balaban J connectivity index is 0.000000671. The summed E-state index contributed by atoms with van der Waals surface area (Å²) >= 11 is 0. The summed E-state index contributed by atoms with van der Waals surface area (Å²) in [4.78, 5) is 9.87. The lowest BCUT2D eigenvalue weighted by Gasteiger charge is -1.98. The van der Waals surface area contributed by atoms with Crippen molar-refractivity contribution in [2.75, 3.05) is 13.7 Å². The van der Waals surface area contributed by atoms with E-state index < -0.39 is 0 Å². The smallest absolute Gasteiger partial charge is 0.145 e. The molecule has 0 saturated heterocycles. The van der Waals surface area contributed by atoms with E-state index in [2.05, 4.69) is 0 Å². The fraction of sp³-hybridized carbons (Fsp3) is 0.300. The molecule has 0 radical (unpaired) electrons. The van der Waals surface area contributed by atoms with Gasteiger partial charge in [-0.15, -0.1) is 0 Å². The van der Waals surface area contributed by atoms with E-state index in [1.54, 1.807) is 0 Å². The summed E-state index contributed by atoms with van der Waals surface area (Å²) in [7, 11) is 1.00. The third-order valence-corrected chi connectivity index (χ3v) is 1.30. The number of carbonyl (C=O) groups excluding carboxylic acids is 1. The molecular weight excluding hydrogens is 168 g/mol. The maximum absolute atomic E-state index is 9.87. The van der Waals surface area contributed by atoms with Crippen molar-refractivity contribution in [3.63, 3.8) is 0 Å². The van der Waals surface area contributed by atoms with Gasteiger partial charge in [-0.3, -0.25) is 0 Å². The van der Waals surface area contributed by atoms with E-state index >= 15 is 0 Å². The number of aliphatic hydroxyl groups excluding tert-OH is 1. The number of hydrogen-bond donors (Lipinski definition) is 1. The Hall–Kier alpha value is -1.19. The third kappa shape index (κ3) is 6.02. The van der Waals surface area contributed by atoms with Crippen LogP contribution in [0.1, 0.15) is 5.56 Å². The minimum atomic E-state index is 0.175. The van der Waals surface area contributed by atoms with Crippen molar-refractivity contribution < 1.29 is 14.6 Å². The number of rotatable bonds is 4. The lowest BCUT2D eigenvalue weighted by molar-refractivity contribution is -0.112. The summed E-state index contributed by atoms with van der Waals surface area (Å²) in [5, 5.41) is 7.00. The molecule has 1 aromatic carbocycles. The van der Waals surface area contributed by atoms with E-state index in [1.165, 1.54) is 0 Å². The molecule has 0 saturated carbocycles. The Labute approximate surface area is 78.0 Å². The highest BCUT2D eigenvalue weighted by Crippen LogP contribution is 1.99. The standard InChI is InChI=1S/C9H10O2.CH4O/c10-6-7-11-8-9-4-2-1-3-5-9;1-2/h1-6H,7-8H2;2H,1H3. The average molecular weight is 182 g/mol. The Bertz CT molecular complexity index is 209. The van der Waals surface area contributed by atoms with Crippen LogP contribution in [0, 0.1) is 0 Å². The van der Waals surface area contributed by atoms with Gasteiger partial charge in [-0.2, -0.15) is 0 Å². The fourth-order valence-electron chi connectivity index (χ4n) is 0.799. The van der Waals surface area contributed by atoms with Gasteiger partial charge < -0.3 is 14.6 Å². The van der Waals surface area contributed by atoms with Crippen LogP contribution in [0.2, 0.25) is 0 Å². The van der Waals surface area contributed by atoms with Crippen molar-refractivity contribution in [3.05, 3.63) is 35.9 Å². The molecular formula is C10H14O3. The summed E-state index contributed by atoms with van der Waals surface area (Å²) < 4.78 is 5.00. The molecule has 3 nitrogen and oxygen atoms in total. The highest BCUT2D eigenvalue weighted by atomic mass is 16.5. The second-order valence-corrected chi connectivity index (χ2v) is 2.17. The zero-order valence-corrected chi connectivity index (χ0v) is 7.64. The molecule has 0 fully saturated rings. The monoisotopic (exact) mass is 182 g/mol. The summed E-state index contributed by atoms with van der Waals surface area (Å²) in [5.41, 5.74) is 1.09. The lowest BCUT2D eigenvalue weighted by Crippen LogP contribution is -1.95. The third-order valence-electron chi connectivity index (χ3n) is 1.30. The van der Waals surface area contributed by atoms with Gasteiger partial charge in [0.05, 0.1) is 6.61 Å². The van der Waals surface area contributed by atoms with E-state index in [1.807, 2.05) is 30.3 Å². The molecule has 0 aliphatic carbocycles. The second-order valence-electron chi connectivity index (χ2n) is 2.17. The van der Waals surface area contributed by atoms with Gasteiger partial charge in [0.2, 0.25) is 0 Å². The number of benzene rings is 1. The molecule has 1 aromatic rings. The topological polar surface area (TPSA) is 46.5 Å². The molecule has 1 N–H and O–H groups in total. The van der Waals surface area contributed by atoms with Crippen LogP contribution < -0.4 is 0 Å². The Morgan fingerprint density at radius 2 is 1.92 bits per heavy atom. The molecule has 3 heteroatoms. The van der Waals surface area contributed by atoms with Gasteiger partial charge in [-0.05, 0) is 5.56 Å². The molecule has 0 aliphatic rings. The van der Waals surface area contributed by atoms with Crippen LogP contribution in [-0.2, 0) is 16.1 Å². The van der Waals surface area contributed by atoms with Gasteiger partial charge in [-0.25, -0.2) is 0 Å². The lowest BCUT2D eigenvalue weighted by atomic mass is 10.2. The highest BCUT2D eigenvalue weighted by molar-refractivity contribution is 5.50. The highest BCUT2D eigenvalue weighted by Gasteiger charge is 1.88. The normalized spacial score (nSPS) is 8.46. The Kier molecular flexibility index (Phi) is 8.09. The van der Waals surface area contributed by atoms with Crippen molar-refractivity contribution in [3.8, 4) is 0 Å². The predicted octanol–water partition coefficient (Wildman–Crippen LogP) is 1.01. The number of ether oxygens (including phenoxy) is 1. The number of aliphatic hydroxyl groups is 1. The fourth-order valence-corrected chi connectivity index (χ4v) is 0.799. The minimum absolute atomic E-state index is 0.175. The van der Waals surface area contributed by atoms with Crippen LogP contribution >= 0.6 is 0 Å². The first-order valence-corrected chi connectivity index (χ1v) is 3.93. The zero-order valence-electron chi connectivity index (χ0n) is 7.64. The van der Waals surface area contributed by atoms with E-state index in [9.17, 15) is 4.79 Å². The molecule has 0 aromatic heterocycles. The van der Waals surface area contributed by atoms with Crippen LogP contribution in [0.15, 0.2) is 30.3 Å². The van der Waals surface area contributed by atoms with Crippen LogP contribution in [0.3, 0.4) is 0 Å². The van der Waals surface area contributed by atoms with Gasteiger partial charge in [0.15, 0.2) is 0 Å². The van der Waals surface area contributed by atoms with Crippen molar-refractivity contribution in [1.29, 1.82) is 0 Å². The Morgan fingerprint density at radius 1 is 1.31 bits per heavy atom. The molecule has 0 amide bonds. The van der Waals surface area contributed by atoms with Gasteiger partial charge in [-0.1, -0.05) is 30.3 Å². The van der Waals surface area contributed by atoms with E-state index in [-0.39, 0.29) is 6.61 Å². The molecule has 0 heterocycles. The summed E-state index contributed by atoms with van der Waals surface area (Å²) in [6.07, 6.45) is 0.753. The number of carbonyl (C=O) groups is 1. The first kappa shape index (κ1) is 11.8. The van der Waals surface area contributed by atoms with Gasteiger partial charge in [0.25, 0.3) is 0 Å². The molecule has 0 aliphatic heterocycles. The maximum atomic E-state index is 9.87. The van der Waals surface area contributed by atoms with Crippen LogP contribution in [-0.4, -0.2) is 25.1 Å². The molecule has 0 atom stereocenters. The Morgan fingerprint density at radius 3 is 2.46 bits per heavy atom. The molecule has 13 heavy (non-hydrogen) atoms. The first-order chi connectivity index (χ1) is 6.43.